The average molecular weight is 295 g/mol. The van der Waals surface area contributed by atoms with Crippen molar-refractivity contribution >= 4 is 23.0 Å². The summed E-state index contributed by atoms with van der Waals surface area (Å²) in [6.45, 7) is 3.36. The Morgan fingerprint density at radius 1 is 1.35 bits per heavy atom. The van der Waals surface area contributed by atoms with Gasteiger partial charge in [-0.1, -0.05) is 18.3 Å². The SMILES string of the molecule is CCCNc1ncnc(NCc2csc(=O)[nH]2)c1OC. The van der Waals surface area contributed by atoms with Crippen LogP contribution >= 0.6 is 11.3 Å². The highest BCUT2D eigenvalue weighted by Gasteiger charge is 2.11. The number of ether oxygens (including phenoxy) is 1. The van der Waals surface area contributed by atoms with Crippen LogP contribution in [0.4, 0.5) is 11.6 Å². The van der Waals surface area contributed by atoms with E-state index in [-0.39, 0.29) is 4.87 Å². The van der Waals surface area contributed by atoms with E-state index in [1.54, 1.807) is 12.5 Å². The van der Waals surface area contributed by atoms with Crippen molar-refractivity contribution in [1.29, 1.82) is 0 Å². The van der Waals surface area contributed by atoms with Crippen molar-refractivity contribution in [3.63, 3.8) is 0 Å². The van der Waals surface area contributed by atoms with Crippen molar-refractivity contribution in [1.82, 2.24) is 15.0 Å². The van der Waals surface area contributed by atoms with Gasteiger partial charge in [0.25, 0.3) is 0 Å². The first kappa shape index (κ1) is 14.3. The molecule has 0 unspecified atom stereocenters. The Morgan fingerprint density at radius 2 is 2.10 bits per heavy atom. The minimum Gasteiger partial charge on any atom is -0.490 e. The maximum atomic E-state index is 11.1. The third-order valence-electron chi connectivity index (χ3n) is 2.57. The smallest absolute Gasteiger partial charge is 0.304 e. The van der Waals surface area contributed by atoms with Gasteiger partial charge in [0.05, 0.1) is 13.7 Å². The zero-order valence-corrected chi connectivity index (χ0v) is 12.2. The normalized spacial score (nSPS) is 10.3. The molecule has 2 aromatic heterocycles. The highest BCUT2D eigenvalue weighted by atomic mass is 32.1. The van der Waals surface area contributed by atoms with Crippen LogP contribution in [0.2, 0.25) is 0 Å². The van der Waals surface area contributed by atoms with E-state index in [4.69, 9.17) is 4.74 Å². The van der Waals surface area contributed by atoms with Crippen molar-refractivity contribution in [2.45, 2.75) is 19.9 Å². The number of thiazole rings is 1. The lowest BCUT2D eigenvalue weighted by molar-refractivity contribution is 0.414. The van der Waals surface area contributed by atoms with Gasteiger partial charge in [0, 0.05) is 17.6 Å². The molecule has 0 aromatic carbocycles. The fourth-order valence-corrected chi connectivity index (χ4v) is 2.22. The molecule has 0 atom stereocenters. The quantitative estimate of drug-likeness (QED) is 0.719. The van der Waals surface area contributed by atoms with Gasteiger partial charge >= 0.3 is 4.87 Å². The van der Waals surface area contributed by atoms with Crippen LogP contribution in [-0.2, 0) is 6.54 Å². The molecule has 0 aliphatic carbocycles. The van der Waals surface area contributed by atoms with Crippen LogP contribution in [0, 0.1) is 0 Å². The predicted molar refractivity (Wildman–Crippen MR) is 79.6 cm³/mol. The molecule has 0 aliphatic heterocycles. The second kappa shape index (κ2) is 6.90. The summed E-state index contributed by atoms with van der Waals surface area (Å²) in [6, 6.07) is 0. The molecule has 108 valence electrons. The number of hydrogen-bond donors (Lipinski definition) is 3. The lowest BCUT2D eigenvalue weighted by atomic mass is 10.4. The summed E-state index contributed by atoms with van der Waals surface area (Å²) in [7, 11) is 1.58. The summed E-state index contributed by atoms with van der Waals surface area (Å²) in [5, 5.41) is 8.09. The largest absolute Gasteiger partial charge is 0.490 e. The number of aromatic nitrogens is 3. The Morgan fingerprint density at radius 3 is 2.70 bits per heavy atom. The summed E-state index contributed by atoms with van der Waals surface area (Å²) < 4.78 is 5.35. The van der Waals surface area contributed by atoms with Gasteiger partial charge in [-0.15, -0.1) is 0 Å². The average Bonchev–Trinajstić information content (AvgIpc) is 2.88. The van der Waals surface area contributed by atoms with Gasteiger partial charge in [-0.2, -0.15) is 0 Å². The molecule has 2 heterocycles. The maximum absolute atomic E-state index is 11.1. The van der Waals surface area contributed by atoms with Crippen LogP contribution in [0.3, 0.4) is 0 Å². The van der Waals surface area contributed by atoms with Crippen LogP contribution < -0.4 is 20.2 Å². The molecule has 0 amide bonds. The first-order valence-electron chi connectivity index (χ1n) is 6.28. The van der Waals surface area contributed by atoms with Crippen molar-refractivity contribution in [3.05, 3.63) is 27.1 Å². The molecule has 0 bridgehead atoms. The number of aromatic amines is 1. The third kappa shape index (κ3) is 3.47. The van der Waals surface area contributed by atoms with E-state index in [1.165, 1.54) is 6.33 Å². The molecule has 0 spiro atoms. The lowest BCUT2D eigenvalue weighted by Gasteiger charge is -2.13. The van der Waals surface area contributed by atoms with Gasteiger partial charge in [0.2, 0.25) is 5.75 Å². The number of methoxy groups -OCH3 is 1. The van der Waals surface area contributed by atoms with E-state index in [0.717, 1.165) is 30.0 Å². The van der Waals surface area contributed by atoms with Gasteiger partial charge in [-0.05, 0) is 6.42 Å². The van der Waals surface area contributed by atoms with E-state index in [1.807, 2.05) is 0 Å². The molecular weight excluding hydrogens is 278 g/mol. The van der Waals surface area contributed by atoms with Gasteiger partial charge < -0.3 is 20.4 Å². The number of H-pyrrole nitrogens is 1. The fourth-order valence-electron chi connectivity index (χ4n) is 1.64. The van der Waals surface area contributed by atoms with Gasteiger partial charge in [0.1, 0.15) is 6.33 Å². The summed E-state index contributed by atoms with van der Waals surface area (Å²) in [6.07, 6.45) is 2.46. The molecule has 7 nitrogen and oxygen atoms in total. The Balaban J connectivity index is 2.11. The topological polar surface area (TPSA) is 91.9 Å². The molecular formula is C12H17N5O2S. The number of nitrogens with one attached hydrogen (secondary N) is 3. The monoisotopic (exact) mass is 295 g/mol. The molecule has 8 heteroatoms. The Bertz CT molecular complexity index is 610. The van der Waals surface area contributed by atoms with Crippen LogP contribution in [-0.4, -0.2) is 28.6 Å². The molecule has 0 saturated heterocycles. The van der Waals surface area contributed by atoms with Crippen molar-refractivity contribution in [2.24, 2.45) is 0 Å². The molecule has 0 fully saturated rings. The Kier molecular flexibility index (Phi) is 4.94. The van der Waals surface area contributed by atoms with Gasteiger partial charge in [-0.25, -0.2) is 9.97 Å². The van der Waals surface area contributed by atoms with E-state index in [9.17, 15) is 4.79 Å². The maximum Gasteiger partial charge on any atom is 0.304 e. The zero-order chi connectivity index (χ0) is 14.4. The third-order valence-corrected chi connectivity index (χ3v) is 3.29. The summed E-state index contributed by atoms with van der Waals surface area (Å²) in [4.78, 5) is 22.1. The zero-order valence-electron chi connectivity index (χ0n) is 11.4. The van der Waals surface area contributed by atoms with E-state index >= 15 is 0 Å². The van der Waals surface area contributed by atoms with E-state index in [2.05, 4.69) is 32.5 Å². The van der Waals surface area contributed by atoms with E-state index in [0.29, 0.717) is 23.9 Å². The van der Waals surface area contributed by atoms with Gasteiger partial charge in [0.15, 0.2) is 11.6 Å². The molecule has 0 radical (unpaired) electrons. The minimum atomic E-state index is -0.0678. The highest BCUT2D eigenvalue weighted by molar-refractivity contribution is 7.07. The number of nitrogens with zero attached hydrogens (tertiary/aromatic N) is 2. The molecule has 2 rings (SSSR count). The first-order valence-corrected chi connectivity index (χ1v) is 7.16. The van der Waals surface area contributed by atoms with Crippen molar-refractivity contribution in [3.8, 4) is 5.75 Å². The first-order chi connectivity index (χ1) is 9.74. The van der Waals surface area contributed by atoms with Crippen molar-refractivity contribution < 1.29 is 4.74 Å². The molecule has 3 N–H and O–H groups in total. The number of rotatable bonds is 7. The summed E-state index contributed by atoms with van der Waals surface area (Å²) in [5.74, 6) is 1.82. The van der Waals surface area contributed by atoms with Crippen LogP contribution in [0.5, 0.6) is 5.75 Å². The standard InChI is InChI=1S/C12H17N5O2S/c1-3-4-13-10-9(19-2)11(16-7-15-10)14-5-8-6-20-12(18)17-8/h6-7H,3-5H2,1-2H3,(H,17,18)(H2,13,14,15,16). The van der Waals surface area contributed by atoms with Crippen LogP contribution in [0.25, 0.3) is 0 Å². The number of hydrogen-bond acceptors (Lipinski definition) is 7. The van der Waals surface area contributed by atoms with Crippen molar-refractivity contribution in [2.75, 3.05) is 24.3 Å². The molecule has 0 saturated carbocycles. The lowest BCUT2D eigenvalue weighted by Crippen LogP contribution is -2.09. The van der Waals surface area contributed by atoms with E-state index < -0.39 is 0 Å². The molecule has 2 aromatic rings. The minimum absolute atomic E-state index is 0.0678. The van der Waals surface area contributed by atoms with Crippen LogP contribution in [0.15, 0.2) is 16.5 Å². The summed E-state index contributed by atoms with van der Waals surface area (Å²) in [5.41, 5.74) is 0.809. The van der Waals surface area contributed by atoms with Gasteiger partial charge in [-0.3, -0.25) is 4.79 Å². The number of anilines is 2. The highest BCUT2D eigenvalue weighted by Crippen LogP contribution is 2.29. The predicted octanol–water partition coefficient (Wildman–Crippen LogP) is 1.67. The molecule has 20 heavy (non-hydrogen) atoms. The van der Waals surface area contributed by atoms with Crippen LogP contribution in [0.1, 0.15) is 19.0 Å². The summed E-state index contributed by atoms with van der Waals surface area (Å²) >= 11 is 1.14. The second-order valence-corrected chi connectivity index (χ2v) is 4.90. The Labute approximate surface area is 120 Å². The Hall–Kier alpha value is -2.09. The molecule has 0 aliphatic rings. The second-order valence-electron chi connectivity index (χ2n) is 4.06. The fraction of sp³-hybridized carbons (Fsp3) is 0.417.